The van der Waals surface area contributed by atoms with Crippen molar-refractivity contribution in [2.75, 3.05) is 11.5 Å². The molecule has 19 heavy (non-hydrogen) atoms. The second-order valence-corrected chi connectivity index (χ2v) is 9.39. The third kappa shape index (κ3) is 3.26. The van der Waals surface area contributed by atoms with Crippen molar-refractivity contribution in [2.24, 2.45) is 5.92 Å². The Bertz CT molecular complexity index is 567. The molecular weight excluding hydrogens is 294 g/mol. The van der Waals surface area contributed by atoms with Crippen molar-refractivity contribution in [3.63, 3.8) is 0 Å². The van der Waals surface area contributed by atoms with E-state index in [9.17, 15) is 21.6 Å². The summed E-state index contributed by atoms with van der Waals surface area (Å²) in [7, 11) is -7.05. The second-order valence-electron chi connectivity index (χ2n) is 5.17. The van der Waals surface area contributed by atoms with Crippen LogP contribution >= 0.6 is 0 Å². The number of carbonyl (C=O) groups is 1. The molecule has 1 saturated heterocycles. The van der Waals surface area contributed by atoms with Crippen molar-refractivity contribution >= 4 is 25.8 Å². The van der Waals surface area contributed by atoms with Crippen LogP contribution in [0.4, 0.5) is 0 Å². The standard InChI is InChI=1S/C10H17NO6S2/c12-10(13)8-2-1-3-9(8)11-19(16,17)7-4-5-18(14,15)6-7/h7-9,11H,1-6H2,(H,12,13). The van der Waals surface area contributed by atoms with Gasteiger partial charge < -0.3 is 5.11 Å². The SMILES string of the molecule is O=C(O)C1CCCC1NS(=O)(=O)C1CCS(=O)(=O)C1. The zero-order valence-corrected chi connectivity index (χ0v) is 11.9. The minimum Gasteiger partial charge on any atom is -0.481 e. The van der Waals surface area contributed by atoms with Gasteiger partial charge in [0.05, 0.1) is 22.7 Å². The van der Waals surface area contributed by atoms with Crippen LogP contribution in [0, 0.1) is 5.92 Å². The Morgan fingerprint density at radius 2 is 1.89 bits per heavy atom. The third-order valence-corrected chi connectivity index (χ3v) is 7.67. The minimum absolute atomic E-state index is 0.0854. The van der Waals surface area contributed by atoms with Gasteiger partial charge in [0.15, 0.2) is 9.84 Å². The van der Waals surface area contributed by atoms with E-state index in [4.69, 9.17) is 5.11 Å². The number of nitrogens with one attached hydrogen (secondary N) is 1. The fraction of sp³-hybridized carbons (Fsp3) is 0.900. The Morgan fingerprint density at radius 1 is 1.21 bits per heavy atom. The lowest BCUT2D eigenvalue weighted by Crippen LogP contribution is -2.44. The molecule has 2 aliphatic rings. The largest absolute Gasteiger partial charge is 0.481 e. The summed E-state index contributed by atoms with van der Waals surface area (Å²) >= 11 is 0. The highest BCUT2D eigenvalue weighted by Crippen LogP contribution is 2.28. The van der Waals surface area contributed by atoms with Crippen LogP contribution in [0.5, 0.6) is 0 Å². The summed E-state index contributed by atoms with van der Waals surface area (Å²) in [5.41, 5.74) is 0. The van der Waals surface area contributed by atoms with E-state index in [1.807, 2.05) is 0 Å². The molecule has 0 radical (unpaired) electrons. The molecule has 0 aromatic heterocycles. The molecule has 110 valence electrons. The van der Waals surface area contributed by atoms with E-state index in [1.165, 1.54) is 0 Å². The van der Waals surface area contributed by atoms with Crippen molar-refractivity contribution in [2.45, 2.75) is 37.0 Å². The molecular formula is C10H17NO6S2. The van der Waals surface area contributed by atoms with Crippen LogP contribution in [0.1, 0.15) is 25.7 Å². The van der Waals surface area contributed by atoms with E-state index in [0.29, 0.717) is 19.3 Å². The van der Waals surface area contributed by atoms with Crippen molar-refractivity contribution in [3.8, 4) is 0 Å². The van der Waals surface area contributed by atoms with E-state index in [1.54, 1.807) is 0 Å². The third-order valence-electron chi connectivity index (χ3n) is 3.78. The fourth-order valence-electron chi connectivity index (χ4n) is 2.71. The monoisotopic (exact) mass is 311 g/mol. The Morgan fingerprint density at radius 3 is 2.42 bits per heavy atom. The van der Waals surface area contributed by atoms with Crippen LogP contribution in [-0.4, -0.2) is 50.7 Å². The van der Waals surface area contributed by atoms with E-state index >= 15 is 0 Å². The van der Waals surface area contributed by atoms with E-state index in [0.717, 1.165) is 0 Å². The molecule has 1 heterocycles. The highest BCUT2D eigenvalue weighted by Gasteiger charge is 2.41. The number of hydrogen-bond donors (Lipinski definition) is 2. The molecule has 1 aliphatic heterocycles. The van der Waals surface area contributed by atoms with Gasteiger partial charge in [0.25, 0.3) is 0 Å². The first-order valence-electron chi connectivity index (χ1n) is 6.16. The summed E-state index contributed by atoms with van der Waals surface area (Å²) in [5, 5.41) is 8.05. The molecule has 3 unspecified atom stereocenters. The second kappa shape index (κ2) is 5.02. The van der Waals surface area contributed by atoms with Crippen molar-refractivity contribution < 1.29 is 26.7 Å². The van der Waals surface area contributed by atoms with Crippen molar-refractivity contribution in [3.05, 3.63) is 0 Å². The smallest absolute Gasteiger partial charge is 0.308 e. The summed E-state index contributed by atoms with van der Waals surface area (Å²) < 4.78 is 49.2. The molecule has 2 rings (SSSR count). The van der Waals surface area contributed by atoms with E-state index < -0.39 is 43.0 Å². The lowest BCUT2D eigenvalue weighted by Gasteiger charge is -2.20. The Labute approximate surface area is 112 Å². The number of rotatable bonds is 4. The molecule has 0 aromatic carbocycles. The Kier molecular flexibility index (Phi) is 3.90. The molecule has 0 bridgehead atoms. The van der Waals surface area contributed by atoms with Crippen LogP contribution in [0.3, 0.4) is 0 Å². The molecule has 9 heteroatoms. The predicted molar refractivity (Wildman–Crippen MR) is 67.9 cm³/mol. The van der Waals surface area contributed by atoms with Gasteiger partial charge in [-0.25, -0.2) is 21.6 Å². The summed E-state index contributed by atoms with van der Waals surface area (Å²) in [6, 6.07) is -0.620. The molecule has 0 amide bonds. The van der Waals surface area contributed by atoms with Gasteiger partial charge in [0, 0.05) is 6.04 Å². The maximum absolute atomic E-state index is 12.1. The zero-order chi connectivity index (χ0) is 14.3. The molecule has 7 nitrogen and oxygen atoms in total. The minimum atomic E-state index is -3.77. The molecule has 1 saturated carbocycles. The van der Waals surface area contributed by atoms with Crippen LogP contribution in [0.2, 0.25) is 0 Å². The van der Waals surface area contributed by atoms with Gasteiger partial charge in [0.2, 0.25) is 10.0 Å². The summed E-state index contributed by atoms with van der Waals surface area (Å²) in [6.45, 7) is 0. The van der Waals surface area contributed by atoms with Gasteiger partial charge in [-0.1, -0.05) is 6.42 Å². The van der Waals surface area contributed by atoms with Gasteiger partial charge >= 0.3 is 5.97 Å². The molecule has 2 N–H and O–H groups in total. The Hall–Kier alpha value is -0.670. The lowest BCUT2D eigenvalue weighted by molar-refractivity contribution is -0.141. The van der Waals surface area contributed by atoms with Gasteiger partial charge in [-0.15, -0.1) is 0 Å². The van der Waals surface area contributed by atoms with Crippen LogP contribution in [0.15, 0.2) is 0 Å². The average molecular weight is 311 g/mol. The number of sulfone groups is 1. The van der Waals surface area contributed by atoms with E-state index in [2.05, 4.69) is 4.72 Å². The fourth-order valence-corrected chi connectivity index (χ4v) is 7.07. The van der Waals surface area contributed by atoms with Crippen LogP contribution in [0.25, 0.3) is 0 Å². The first-order chi connectivity index (χ1) is 8.71. The zero-order valence-electron chi connectivity index (χ0n) is 10.3. The first-order valence-corrected chi connectivity index (χ1v) is 9.52. The average Bonchev–Trinajstić information content (AvgIpc) is 2.84. The van der Waals surface area contributed by atoms with Gasteiger partial charge in [-0.2, -0.15) is 0 Å². The number of carboxylic acids is 1. The number of sulfonamides is 1. The maximum Gasteiger partial charge on any atom is 0.308 e. The molecule has 3 atom stereocenters. The number of carboxylic acid groups (broad SMARTS) is 1. The summed E-state index contributed by atoms with van der Waals surface area (Å²) in [4.78, 5) is 11.0. The number of hydrogen-bond acceptors (Lipinski definition) is 5. The van der Waals surface area contributed by atoms with Gasteiger partial charge in [0.1, 0.15) is 0 Å². The molecule has 2 fully saturated rings. The van der Waals surface area contributed by atoms with Crippen molar-refractivity contribution in [1.82, 2.24) is 4.72 Å². The Balaban J connectivity index is 2.08. The quantitative estimate of drug-likeness (QED) is 0.712. The summed E-state index contributed by atoms with van der Waals surface area (Å²) in [6.07, 6.45) is 1.68. The lowest BCUT2D eigenvalue weighted by atomic mass is 10.1. The van der Waals surface area contributed by atoms with Crippen LogP contribution in [-0.2, 0) is 24.7 Å². The maximum atomic E-state index is 12.1. The van der Waals surface area contributed by atoms with Gasteiger partial charge in [-0.05, 0) is 19.3 Å². The first kappa shape index (κ1) is 14.7. The molecule has 1 aliphatic carbocycles. The molecule has 0 aromatic rings. The number of aliphatic carboxylic acids is 1. The van der Waals surface area contributed by atoms with E-state index in [-0.39, 0.29) is 17.9 Å². The van der Waals surface area contributed by atoms with Crippen molar-refractivity contribution in [1.29, 1.82) is 0 Å². The normalized spacial score (nSPS) is 34.4. The van der Waals surface area contributed by atoms with Gasteiger partial charge in [-0.3, -0.25) is 4.79 Å². The topological polar surface area (TPSA) is 118 Å². The summed E-state index contributed by atoms with van der Waals surface area (Å²) in [5.74, 6) is -2.21. The molecule has 0 spiro atoms. The highest BCUT2D eigenvalue weighted by molar-refractivity contribution is 7.95. The highest BCUT2D eigenvalue weighted by atomic mass is 32.2. The van der Waals surface area contributed by atoms with Crippen LogP contribution < -0.4 is 4.72 Å². The predicted octanol–water partition coefficient (Wildman–Crippen LogP) is -0.654.